The normalized spacial score (nSPS) is 10.1. The summed E-state index contributed by atoms with van der Waals surface area (Å²) in [6.07, 6.45) is 0. The number of methoxy groups -OCH3 is 1. The van der Waals surface area contributed by atoms with Gasteiger partial charge in [0.2, 0.25) is 5.75 Å². The lowest BCUT2D eigenvalue weighted by Gasteiger charge is -2.10. The van der Waals surface area contributed by atoms with Crippen LogP contribution in [0, 0.1) is 10.1 Å². The van der Waals surface area contributed by atoms with Gasteiger partial charge < -0.3 is 14.6 Å². The molecule has 0 atom stereocenters. The maximum atomic E-state index is 11.0. The van der Waals surface area contributed by atoms with E-state index in [0.29, 0.717) is 17.1 Å². The second-order valence-corrected chi connectivity index (χ2v) is 3.96. The number of aliphatic hydroxyl groups excluding tert-OH is 1. The Labute approximate surface area is 115 Å². The van der Waals surface area contributed by atoms with Crippen LogP contribution in [0.4, 0.5) is 5.69 Å². The number of hydrogen-bond acceptors (Lipinski definition) is 5. The fourth-order valence-corrected chi connectivity index (χ4v) is 1.71. The number of benzene rings is 2. The van der Waals surface area contributed by atoms with E-state index >= 15 is 0 Å². The molecule has 20 heavy (non-hydrogen) atoms. The molecule has 0 unspecified atom stereocenters. The Morgan fingerprint density at radius 2 is 1.95 bits per heavy atom. The molecule has 0 amide bonds. The van der Waals surface area contributed by atoms with Crippen molar-refractivity contribution in [3.63, 3.8) is 0 Å². The van der Waals surface area contributed by atoms with Crippen molar-refractivity contribution in [2.24, 2.45) is 0 Å². The molecule has 0 aliphatic heterocycles. The quantitative estimate of drug-likeness (QED) is 0.670. The molecule has 6 heteroatoms. The number of nitrogens with zero attached hydrogens (tertiary/aromatic N) is 1. The largest absolute Gasteiger partial charge is 0.497 e. The van der Waals surface area contributed by atoms with Crippen LogP contribution in [-0.2, 0) is 6.61 Å². The molecule has 0 spiro atoms. The van der Waals surface area contributed by atoms with E-state index in [9.17, 15) is 15.2 Å². The molecule has 0 saturated heterocycles. The molecule has 6 nitrogen and oxygen atoms in total. The molecular formula is C14H13NO5. The van der Waals surface area contributed by atoms with Crippen molar-refractivity contribution in [1.82, 2.24) is 0 Å². The van der Waals surface area contributed by atoms with E-state index in [1.54, 1.807) is 24.3 Å². The van der Waals surface area contributed by atoms with Crippen LogP contribution in [0.15, 0.2) is 42.5 Å². The van der Waals surface area contributed by atoms with Crippen molar-refractivity contribution in [3.05, 3.63) is 58.1 Å². The molecule has 2 aromatic rings. The van der Waals surface area contributed by atoms with Gasteiger partial charge in [0.05, 0.1) is 18.6 Å². The summed E-state index contributed by atoms with van der Waals surface area (Å²) in [5.41, 5.74) is 0.378. The standard InChI is InChI=1S/C14H13NO5/c1-19-11-6-7-12(15(17)18)14(8-11)20-13-5-3-2-4-10(13)9-16/h2-8,16H,9H2,1H3. The zero-order valence-electron chi connectivity index (χ0n) is 10.8. The summed E-state index contributed by atoms with van der Waals surface area (Å²) in [5, 5.41) is 20.2. The van der Waals surface area contributed by atoms with Crippen molar-refractivity contribution in [1.29, 1.82) is 0 Å². The summed E-state index contributed by atoms with van der Waals surface area (Å²) in [4.78, 5) is 10.5. The molecule has 1 N–H and O–H groups in total. The summed E-state index contributed by atoms with van der Waals surface area (Å²) >= 11 is 0. The van der Waals surface area contributed by atoms with Crippen LogP contribution in [0.2, 0.25) is 0 Å². The average molecular weight is 275 g/mol. The summed E-state index contributed by atoms with van der Waals surface area (Å²) in [6.45, 7) is -0.214. The van der Waals surface area contributed by atoms with Gasteiger partial charge in [-0.1, -0.05) is 18.2 Å². The van der Waals surface area contributed by atoms with Crippen molar-refractivity contribution in [3.8, 4) is 17.2 Å². The Hall–Kier alpha value is -2.60. The highest BCUT2D eigenvalue weighted by Crippen LogP contribution is 2.35. The minimum atomic E-state index is -0.531. The number of ether oxygens (including phenoxy) is 2. The molecule has 2 rings (SSSR count). The molecular weight excluding hydrogens is 262 g/mol. The Morgan fingerprint density at radius 1 is 1.20 bits per heavy atom. The summed E-state index contributed by atoms with van der Waals surface area (Å²) < 4.78 is 10.6. The number of nitro groups is 1. The Kier molecular flexibility index (Phi) is 4.17. The van der Waals surface area contributed by atoms with E-state index in [1.165, 1.54) is 25.3 Å². The van der Waals surface area contributed by atoms with Crippen LogP contribution < -0.4 is 9.47 Å². The van der Waals surface area contributed by atoms with Crippen molar-refractivity contribution >= 4 is 5.69 Å². The van der Waals surface area contributed by atoms with Crippen LogP contribution in [0.3, 0.4) is 0 Å². The van der Waals surface area contributed by atoms with E-state index < -0.39 is 4.92 Å². The smallest absolute Gasteiger partial charge is 0.311 e. The van der Waals surface area contributed by atoms with Crippen LogP contribution >= 0.6 is 0 Å². The summed E-state index contributed by atoms with van der Waals surface area (Å²) in [7, 11) is 1.46. The van der Waals surface area contributed by atoms with Crippen molar-refractivity contribution in [2.75, 3.05) is 7.11 Å². The lowest BCUT2D eigenvalue weighted by atomic mass is 10.2. The summed E-state index contributed by atoms with van der Waals surface area (Å²) in [5.74, 6) is 0.883. The van der Waals surface area contributed by atoms with E-state index in [-0.39, 0.29) is 18.0 Å². The first-order valence-corrected chi connectivity index (χ1v) is 5.84. The van der Waals surface area contributed by atoms with Gasteiger partial charge in [0.1, 0.15) is 11.5 Å². The average Bonchev–Trinajstić information content (AvgIpc) is 2.47. The fraction of sp³-hybridized carbons (Fsp3) is 0.143. The van der Waals surface area contributed by atoms with Crippen LogP contribution in [-0.4, -0.2) is 17.1 Å². The van der Waals surface area contributed by atoms with Gasteiger partial charge in [-0.05, 0) is 12.1 Å². The van der Waals surface area contributed by atoms with Gasteiger partial charge in [0.15, 0.2) is 0 Å². The molecule has 2 aromatic carbocycles. The molecule has 0 saturated carbocycles. The maximum Gasteiger partial charge on any atom is 0.311 e. The van der Waals surface area contributed by atoms with Crippen LogP contribution in [0.5, 0.6) is 17.2 Å². The van der Waals surface area contributed by atoms with Gasteiger partial charge in [0, 0.05) is 17.7 Å². The third kappa shape index (κ3) is 2.86. The SMILES string of the molecule is COc1ccc([N+](=O)[O-])c(Oc2ccccc2CO)c1. The number of nitro benzene ring substituents is 1. The highest BCUT2D eigenvalue weighted by atomic mass is 16.6. The first-order chi connectivity index (χ1) is 9.65. The monoisotopic (exact) mass is 275 g/mol. The van der Waals surface area contributed by atoms with E-state index in [2.05, 4.69) is 0 Å². The molecule has 104 valence electrons. The van der Waals surface area contributed by atoms with Gasteiger partial charge in [-0.15, -0.1) is 0 Å². The predicted molar refractivity (Wildman–Crippen MR) is 72.1 cm³/mol. The number of aliphatic hydroxyl groups is 1. The first-order valence-electron chi connectivity index (χ1n) is 5.84. The summed E-state index contributed by atoms with van der Waals surface area (Å²) in [6, 6.07) is 11.0. The van der Waals surface area contributed by atoms with Crippen LogP contribution in [0.1, 0.15) is 5.56 Å². The second kappa shape index (κ2) is 6.03. The molecule has 0 bridgehead atoms. The Balaban J connectivity index is 2.43. The van der Waals surface area contributed by atoms with Gasteiger partial charge in [-0.2, -0.15) is 0 Å². The van der Waals surface area contributed by atoms with Crippen molar-refractivity contribution in [2.45, 2.75) is 6.61 Å². The first kappa shape index (κ1) is 13.8. The third-order valence-electron chi connectivity index (χ3n) is 2.73. The zero-order chi connectivity index (χ0) is 14.5. The molecule has 0 fully saturated rings. The highest BCUT2D eigenvalue weighted by Gasteiger charge is 2.17. The lowest BCUT2D eigenvalue weighted by Crippen LogP contribution is -1.96. The van der Waals surface area contributed by atoms with Gasteiger partial charge >= 0.3 is 5.69 Å². The maximum absolute atomic E-state index is 11.0. The second-order valence-electron chi connectivity index (χ2n) is 3.96. The molecule has 0 aromatic heterocycles. The molecule has 0 aliphatic rings. The van der Waals surface area contributed by atoms with Crippen molar-refractivity contribution < 1.29 is 19.5 Å². The molecule has 0 aliphatic carbocycles. The number of rotatable bonds is 5. The lowest BCUT2D eigenvalue weighted by molar-refractivity contribution is -0.385. The van der Waals surface area contributed by atoms with E-state index in [1.807, 2.05) is 0 Å². The Bertz CT molecular complexity index is 627. The number of para-hydroxylation sites is 1. The molecule has 0 heterocycles. The minimum absolute atomic E-state index is 0.0650. The van der Waals surface area contributed by atoms with Gasteiger partial charge in [-0.25, -0.2) is 0 Å². The van der Waals surface area contributed by atoms with E-state index in [0.717, 1.165) is 0 Å². The number of hydrogen-bond donors (Lipinski definition) is 1. The van der Waals surface area contributed by atoms with Crippen LogP contribution in [0.25, 0.3) is 0 Å². The third-order valence-corrected chi connectivity index (χ3v) is 2.73. The topological polar surface area (TPSA) is 81.8 Å². The minimum Gasteiger partial charge on any atom is -0.497 e. The fourth-order valence-electron chi connectivity index (χ4n) is 1.71. The zero-order valence-corrected chi connectivity index (χ0v) is 10.8. The van der Waals surface area contributed by atoms with E-state index in [4.69, 9.17) is 9.47 Å². The highest BCUT2D eigenvalue weighted by molar-refractivity contribution is 5.53. The Morgan fingerprint density at radius 3 is 2.60 bits per heavy atom. The predicted octanol–water partition coefficient (Wildman–Crippen LogP) is 2.89. The molecule has 0 radical (unpaired) electrons. The van der Waals surface area contributed by atoms with Gasteiger partial charge in [0.25, 0.3) is 0 Å². The van der Waals surface area contributed by atoms with Gasteiger partial charge in [-0.3, -0.25) is 10.1 Å².